The minimum Gasteiger partial charge on any atom is -0.327 e. The molecule has 0 radical (unpaired) electrons. The highest BCUT2D eigenvalue weighted by Crippen LogP contribution is 2.55. The SMILES string of the molecule is CCCCC(N)C1CC2CC2C1. The summed E-state index contributed by atoms with van der Waals surface area (Å²) >= 11 is 0. The molecule has 12 heavy (non-hydrogen) atoms. The Morgan fingerprint density at radius 1 is 1.25 bits per heavy atom. The van der Waals surface area contributed by atoms with E-state index < -0.39 is 0 Å². The number of fused-ring (bicyclic) bond motifs is 1. The van der Waals surface area contributed by atoms with Crippen molar-refractivity contribution in [2.75, 3.05) is 0 Å². The van der Waals surface area contributed by atoms with Crippen LogP contribution in [0.5, 0.6) is 0 Å². The van der Waals surface area contributed by atoms with E-state index in [1.807, 2.05) is 0 Å². The Morgan fingerprint density at radius 3 is 2.50 bits per heavy atom. The molecule has 2 aliphatic rings. The number of nitrogens with two attached hydrogens (primary N) is 1. The first-order valence-corrected chi connectivity index (χ1v) is 5.56. The van der Waals surface area contributed by atoms with Gasteiger partial charge in [0, 0.05) is 6.04 Å². The predicted octanol–water partition coefficient (Wildman–Crippen LogP) is 2.55. The fourth-order valence-corrected chi connectivity index (χ4v) is 2.79. The zero-order chi connectivity index (χ0) is 8.55. The first-order chi connectivity index (χ1) is 5.81. The van der Waals surface area contributed by atoms with Gasteiger partial charge in [0.25, 0.3) is 0 Å². The Hall–Kier alpha value is -0.0400. The molecular weight excluding hydrogens is 146 g/mol. The summed E-state index contributed by atoms with van der Waals surface area (Å²) in [5, 5.41) is 0. The largest absolute Gasteiger partial charge is 0.327 e. The average molecular weight is 167 g/mol. The second-order valence-corrected chi connectivity index (χ2v) is 4.79. The van der Waals surface area contributed by atoms with Gasteiger partial charge in [-0.25, -0.2) is 0 Å². The molecule has 0 aliphatic heterocycles. The van der Waals surface area contributed by atoms with Crippen molar-refractivity contribution in [3.8, 4) is 0 Å². The van der Waals surface area contributed by atoms with Gasteiger partial charge < -0.3 is 5.73 Å². The quantitative estimate of drug-likeness (QED) is 0.684. The number of hydrogen-bond acceptors (Lipinski definition) is 1. The third-order valence-corrected chi connectivity index (χ3v) is 3.78. The minimum absolute atomic E-state index is 0.526. The van der Waals surface area contributed by atoms with Crippen LogP contribution >= 0.6 is 0 Å². The van der Waals surface area contributed by atoms with Gasteiger partial charge in [0.2, 0.25) is 0 Å². The van der Waals surface area contributed by atoms with E-state index in [0.29, 0.717) is 6.04 Å². The Balaban J connectivity index is 1.70. The van der Waals surface area contributed by atoms with Crippen molar-refractivity contribution >= 4 is 0 Å². The van der Waals surface area contributed by atoms with Gasteiger partial charge >= 0.3 is 0 Å². The Labute approximate surface area is 75.7 Å². The molecule has 2 fully saturated rings. The lowest BCUT2D eigenvalue weighted by Crippen LogP contribution is -2.29. The number of hydrogen-bond donors (Lipinski definition) is 1. The van der Waals surface area contributed by atoms with Crippen molar-refractivity contribution in [1.82, 2.24) is 0 Å². The van der Waals surface area contributed by atoms with Gasteiger partial charge in [-0.2, -0.15) is 0 Å². The molecular formula is C11H21N. The van der Waals surface area contributed by atoms with Gasteiger partial charge in [-0.05, 0) is 43.4 Å². The van der Waals surface area contributed by atoms with E-state index in [1.54, 1.807) is 0 Å². The van der Waals surface area contributed by atoms with Crippen LogP contribution in [0.1, 0.15) is 45.4 Å². The third kappa shape index (κ3) is 1.66. The van der Waals surface area contributed by atoms with E-state index >= 15 is 0 Å². The highest BCUT2D eigenvalue weighted by molar-refractivity contribution is 4.98. The lowest BCUT2D eigenvalue weighted by atomic mass is 9.92. The summed E-state index contributed by atoms with van der Waals surface area (Å²) in [4.78, 5) is 0. The van der Waals surface area contributed by atoms with Gasteiger partial charge in [-0.15, -0.1) is 0 Å². The van der Waals surface area contributed by atoms with Crippen molar-refractivity contribution in [3.63, 3.8) is 0 Å². The molecule has 3 unspecified atom stereocenters. The average Bonchev–Trinajstić information content (AvgIpc) is 2.69. The second-order valence-electron chi connectivity index (χ2n) is 4.79. The van der Waals surface area contributed by atoms with Gasteiger partial charge in [0.05, 0.1) is 0 Å². The van der Waals surface area contributed by atoms with Crippen molar-refractivity contribution < 1.29 is 0 Å². The molecule has 0 heterocycles. The van der Waals surface area contributed by atoms with E-state index in [0.717, 1.165) is 17.8 Å². The fraction of sp³-hybridized carbons (Fsp3) is 1.00. The zero-order valence-corrected chi connectivity index (χ0v) is 8.13. The number of unbranched alkanes of at least 4 members (excludes halogenated alkanes) is 1. The second kappa shape index (κ2) is 3.37. The third-order valence-electron chi connectivity index (χ3n) is 3.78. The smallest absolute Gasteiger partial charge is 0.00673 e. The van der Waals surface area contributed by atoms with E-state index in [4.69, 9.17) is 5.73 Å². The Kier molecular flexibility index (Phi) is 2.40. The molecule has 2 N–H and O–H groups in total. The van der Waals surface area contributed by atoms with Crippen LogP contribution < -0.4 is 5.73 Å². The van der Waals surface area contributed by atoms with Crippen LogP contribution in [0.4, 0.5) is 0 Å². The molecule has 2 saturated carbocycles. The lowest BCUT2D eigenvalue weighted by Gasteiger charge is -2.19. The maximum atomic E-state index is 6.15. The maximum Gasteiger partial charge on any atom is 0.00673 e. The van der Waals surface area contributed by atoms with Crippen molar-refractivity contribution in [2.45, 2.75) is 51.5 Å². The van der Waals surface area contributed by atoms with Crippen LogP contribution in [-0.2, 0) is 0 Å². The van der Waals surface area contributed by atoms with Gasteiger partial charge in [0.1, 0.15) is 0 Å². The van der Waals surface area contributed by atoms with E-state index in [1.165, 1.54) is 38.5 Å². The van der Waals surface area contributed by atoms with Crippen molar-refractivity contribution in [2.24, 2.45) is 23.5 Å². The molecule has 0 aromatic heterocycles. The minimum atomic E-state index is 0.526. The molecule has 0 spiro atoms. The summed E-state index contributed by atoms with van der Waals surface area (Å²) in [7, 11) is 0. The Bertz CT molecular complexity index is 145. The Morgan fingerprint density at radius 2 is 1.92 bits per heavy atom. The molecule has 1 nitrogen and oxygen atoms in total. The number of rotatable bonds is 4. The summed E-state index contributed by atoms with van der Waals surface area (Å²) in [5.41, 5.74) is 6.15. The lowest BCUT2D eigenvalue weighted by molar-refractivity contribution is 0.370. The molecule has 1 heteroatoms. The van der Waals surface area contributed by atoms with Crippen LogP contribution in [0, 0.1) is 17.8 Å². The molecule has 70 valence electrons. The predicted molar refractivity (Wildman–Crippen MR) is 51.8 cm³/mol. The molecule has 0 amide bonds. The molecule has 0 aromatic rings. The van der Waals surface area contributed by atoms with Crippen LogP contribution in [0.2, 0.25) is 0 Å². The van der Waals surface area contributed by atoms with Crippen LogP contribution in [-0.4, -0.2) is 6.04 Å². The standard InChI is InChI=1S/C11H21N/c1-2-3-4-11(12)10-6-8-5-9(8)7-10/h8-11H,2-7,12H2,1H3. The molecule has 2 aliphatic carbocycles. The molecule has 0 saturated heterocycles. The zero-order valence-electron chi connectivity index (χ0n) is 8.13. The maximum absolute atomic E-state index is 6.15. The molecule has 0 aromatic carbocycles. The molecule has 2 rings (SSSR count). The monoisotopic (exact) mass is 167 g/mol. The van der Waals surface area contributed by atoms with Crippen molar-refractivity contribution in [3.05, 3.63) is 0 Å². The van der Waals surface area contributed by atoms with Gasteiger partial charge in [0.15, 0.2) is 0 Å². The summed E-state index contributed by atoms with van der Waals surface area (Å²) in [5.74, 6) is 3.09. The van der Waals surface area contributed by atoms with Crippen LogP contribution in [0.15, 0.2) is 0 Å². The summed E-state index contributed by atoms with van der Waals surface area (Å²) in [6, 6.07) is 0.526. The van der Waals surface area contributed by atoms with E-state index in [2.05, 4.69) is 6.92 Å². The topological polar surface area (TPSA) is 26.0 Å². The van der Waals surface area contributed by atoms with Crippen LogP contribution in [0.3, 0.4) is 0 Å². The van der Waals surface area contributed by atoms with E-state index in [-0.39, 0.29) is 0 Å². The van der Waals surface area contributed by atoms with Crippen LogP contribution in [0.25, 0.3) is 0 Å². The highest BCUT2D eigenvalue weighted by atomic mass is 14.7. The fourth-order valence-electron chi connectivity index (χ4n) is 2.79. The van der Waals surface area contributed by atoms with Crippen molar-refractivity contribution in [1.29, 1.82) is 0 Å². The first kappa shape index (κ1) is 8.55. The summed E-state index contributed by atoms with van der Waals surface area (Å²) in [6.45, 7) is 2.25. The highest BCUT2D eigenvalue weighted by Gasteiger charge is 2.46. The summed E-state index contributed by atoms with van der Waals surface area (Å²) in [6.07, 6.45) is 8.32. The molecule has 3 atom stereocenters. The first-order valence-electron chi connectivity index (χ1n) is 5.56. The van der Waals surface area contributed by atoms with Gasteiger partial charge in [-0.3, -0.25) is 0 Å². The molecule has 0 bridgehead atoms. The normalized spacial score (nSPS) is 41.0. The van der Waals surface area contributed by atoms with E-state index in [9.17, 15) is 0 Å². The summed E-state index contributed by atoms with van der Waals surface area (Å²) < 4.78 is 0. The van der Waals surface area contributed by atoms with Gasteiger partial charge in [-0.1, -0.05) is 19.8 Å².